The third-order valence-electron chi connectivity index (χ3n) is 6.77. The lowest BCUT2D eigenvalue weighted by Gasteiger charge is -2.24. The standard InChI is InChI=1S/C32H31FN2O6S/c1-4-7-16-41-24-15-10-20(17-25(24)40-6-3)28-27(29(36)19-8-12-22(13-9-19)39-5-2)30(37)31(38)35(28)32-34-23-14-11-21(33)18-26(23)42-32/h8-15,17-18,28,36H,4-7,16H2,1-3H3. The van der Waals surface area contributed by atoms with E-state index in [2.05, 4.69) is 11.9 Å². The first-order valence-corrected chi connectivity index (χ1v) is 14.7. The van der Waals surface area contributed by atoms with Gasteiger partial charge < -0.3 is 19.3 Å². The molecule has 1 aromatic heterocycles. The molecular weight excluding hydrogens is 559 g/mol. The SMILES string of the molecule is CCCCOc1ccc(C2C(=C(O)c3ccc(OCC)cc3)C(=O)C(=O)N2c2nc3ccc(F)cc3s2)cc1OCC. The molecular formula is C32H31FN2O6S. The van der Waals surface area contributed by atoms with Gasteiger partial charge in [-0.2, -0.15) is 0 Å². The minimum Gasteiger partial charge on any atom is -0.507 e. The molecule has 1 amide bonds. The van der Waals surface area contributed by atoms with Crippen LogP contribution in [0.5, 0.6) is 17.2 Å². The molecule has 0 spiro atoms. The normalized spacial score (nSPS) is 16.3. The van der Waals surface area contributed by atoms with Gasteiger partial charge in [0.25, 0.3) is 5.78 Å². The van der Waals surface area contributed by atoms with E-state index in [1.54, 1.807) is 42.5 Å². The maximum atomic E-state index is 14.0. The van der Waals surface area contributed by atoms with Gasteiger partial charge in [-0.1, -0.05) is 30.7 Å². The number of fused-ring (bicyclic) bond motifs is 1. The molecule has 5 rings (SSSR count). The molecule has 1 unspecified atom stereocenters. The topological polar surface area (TPSA) is 98.2 Å². The number of unbranched alkanes of at least 4 members (excludes halogenated alkanes) is 1. The van der Waals surface area contributed by atoms with Gasteiger partial charge in [-0.3, -0.25) is 14.5 Å². The van der Waals surface area contributed by atoms with Crippen molar-refractivity contribution in [2.45, 2.75) is 39.7 Å². The molecule has 1 fully saturated rings. The highest BCUT2D eigenvalue weighted by Gasteiger charge is 2.48. The summed E-state index contributed by atoms with van der Waals surface area (Å²) in [7, 11) is 0. The fourth-order valence-corrected chi connectivity index (χ4v) is 5.79. The molecule has 1 saturated heterocycles. The Morgan fingerprint density at radius 2 is 1.71 bits per heavy atom. The number of carbonyl (C=O) groups is 2. The van der Waals surface area contributed by atoms with Crippen LogP contribution >= 0.6 is 11.3 Å². The van der Waals surface area contributed by atoms with Crippen molar-refractivity contribution in [1.82, 2.24) is 4.98 Å². The second-order valence-corrected chi connectivity index (χ2v) is 10.6. The van der Waals surface area contributed by atoms with Crippen molar-refractivity contribution in [2.24, 2.45) is 0 Å². The zero-order valence-corrected chi connectivity index (χ0v) is 24.4. The Morgan fingerprint density at radius 1 is 0.952 bits per heavy atom. The largest absolute Gasteiger partial charge is 0.507 e. The Hall–Kier alpha value is -4.44. The molecule has 0 saturated carbocycles. The Kier molecular flexibility index (Phi) is 8.72. The summed E-state index contributed by atoms with van der Waals surface area (Å²) < 4.78 is 31.8. The van der Waals surface area contributed by atoms with Crippen molar-refractivity contribution >= 4 is 44.1 Å². The summed E-state index contributed by atoms with van der Waals surface area (Å²) in [6, 6.07) is 14.9. The molecule has 218 valence electrons. The van der Waals surface area contributed by atoms with Gasteiger partial charge in [-0.25, -0.2) is 9.37 Å². The predicted molar refractivity (Wildman–Crippen MR) is 160 cm³/mol. The zero-order valence-electron chi connectivity index (χ0n) is 23.6. The van der Waals surface area contributed by atoms with Gasteiger partial charge in [0.1, 0.15) is 17.3 Å². The number of Topliss-reactive ketones (excluding diaryl/α,β-unsaturated/α-hetero) is 1. The van der Waals surface area contributed by atoms with Gasteiger partial charge in [-0.15, -0.1) is 0 Å². The number of amides is 1. The average molecular weight is 591 g/mol. The summed E-state index contributed by atoms with van der Waals surface area (Å²) >= 11 is 1.09. The van der Waals surface area contributed by atoms with Crippen molar-refractivity contribution in [1.29, 1.82) is 0 Å². The Labute approximate surface area is 247 Å². The number of halogens is 1. The lowest BCUT2D eigenvalue weighted by atomic mass is 9.95. The Bertz CT molecular complexity index is 1650. The number of benzene rings is 3. The predicted octanol–water partition coefficient (Wildman–Crippen LogP) is 7.04. The molecule has 10 heteroatoms. The fourth-order valence-electron chi connectivity index (χ4n) is 4.77. The molecule has 8 nitrogen and oxygen atoms in total. The van der Waals surface area contributed by atoms with E-state index in [-0.39, 0.29) is 16.5 Å². The highest BCUT2D eigenvalue weighted by molar-refractivity contribution is 7.22. The van der Waals surface area contributed by atoms with Crippen LogP contribution in [0, 0.1) is 5.82 Å². The molecule has 42 heavy (non-hydrogen) atoms. The summed E-state index contributed by atoms with van der Waals surface area (Å²) in [5, 5.41) is 11.7. The smallest absolute Gasteiger partial charge is 0.301 e. The maximum absolute atomic E-state index is 14.0. The number of hydrogen-bond donors (Lipinski definition) is 1. The quantitative estimate of drug-likeness (QED) is 0.0866. The highest BCUT2D eigenvalue weighted by atomic mass is 32.1. The van der Waals surface area contributed by atoms with Crippen molar-refractivity contribution in [3.8, 4) is 17.2 Å². The van der Waals surface area contributed by atoms with Crippen LogP contribution in [-0.4, -0.2) is 41.6 Å². The third-order valence-corrected chi connectivity index (χ3v) is 7.78. The summed E-state index contributed by atoms with van der Waals surface area (Å²) in [5.41, 5.74) is 1.24. The maximum Gasteiger partial charge on any atom is 0.301 e. The number of ether oxygens (including phenoxy) is 3. The number of aliphatic hydroxyl groups excluding tert-OH is 1. The number of aliphatic hydroxyl groups is 1. The Balaban J connectivity index is 1.67. The van der Waals surface area contributed by atoms with Crippen LogP contribution in [0.3, 0.4) is 0 Å². The van der Waals surface area contributed by atoms with E-state index in [1.807, 2.05) is 13.8 Å². The molecule has 1 N–H and O–H groups in total. The van der Waals surface area contributed by atoms with E-state index in [1.165, 1.54) is 23.1 Å². The molecule has 1 aliphatic rings. The van der Waals surface area contributed by atoms with Crippen molar-refractivity contribution < 1.29 is 33.3 Å². The first-order valence-electron chi connectivity index (χ1n) is 13.9. The molecule has 0 radical (unpaired) electrons. The zero-order chi connectivity index (χ0) is 29.8. The van der Waals surface area contributed by atoms with Gasteiger partial charge in [0.2, 0.25) is 0 Å². The van der Waals surface area contributed by atoms with Gasteiger partial charge in [-0.05, 0) is 80.4 Å². The van der Waals surface area contributed by atoms with Crippen molar-refractivity contribution in [3.63, 3.8) is 0 Å². The number of thiazole rings is 1. The first-order chi connectivity index (χ1) is 20.4. The number of nitrogens with zero attached hydrogens (tertiary/aromatic N) is 2. The van der Waals surface area contributed by atoms with Crippen LogP contribution in [-0.2, 0) is 9.59 Å². The van der Waals surface area contributed by atoms with Crippen LogP contribution in [0.1, 0.15) is 50.8 Å². The van der Waals surface area contributed by atoms with Crippen LogP contribution in [0.4, 0.5) is 9.52 Å². The van der Waals surface area contributed by atoms with E-state index in [0.29, 0.717) is 58.4 Å². The first kappa shape index (κ1) is 29.1. The lowest BCUT2D eigenvalue weighted by Crippen LogP contribution is -2.29. The van der Waals surface area contributed by atoms with Gasteiger partial charge in [0.15, 0.2) is 16.6 Å². The van der Waals surface area contributed by atoms with Gasteiger partial charge in [0, 0.05) is 5.56 Å². The second-order valence-electron chi connectivity index (χ2n) is 9.58. The highest BCUT2D eigenvalue weighted by Crippen LogP contribution is 2.46. The molecule has 0 aliphatic carbocycles. The lowest BCUT2D eigenvalue weighted by molar-refractivity contribution is -0.132. The number of rotatable bonds is 11. The summed E-state index contributed by atoms with van der Waals surface area (Å²) in [4.78, 5) is 33.0. The van der Waals surface area contributed by atoms with E-state index < -0.39 is 23.5 Å². The fraction of sp³-hybridized carbons (Fsp3) is 0.281. The summed E-state index contributed by atoms with van der Waals surface area (Å²) in [5.74, 6) is -0.903. The van der Waals surface area contributed by atoms with E-state index in [0.717, 1.165) is 24.2 Å². The summed E-state index contributed by atoms with van der Waals surface area (Å²) in [6.45, 7) is 7.13. The molecule has 0 bridgehead atoms. The van der Waals surface area contributed by atoms with Crippen LogP contribution in [0.15, 0.2) is 66.2 Å². The van der Waals surface area contributed by atoms with Gasteiger partial charge >= 0.3 is 5.91 Å². The molecule has 4 aromatic rings. The second kappa shape index (κ2) is 12.6. The van der Waals surface area contributed by atoms with Crippen LogP contribution in [0.25, 0.3) is 16.0 Å². The van der Waals surface area contributed by atoms with Crippen molar-refractivity contribution in [3.05, 3.63) is 83.2 Å². The Morgan fingerprint density at radius 3 is 2.43 bits per heavy atom. The van der Waals surface area contributed by atoms with Gasteiger partial charge in [0.05, 0.1) is 41.7 Å². The molecule has 2 heterocycles. The number of hydrogen-bond acceptors (Lipinski definition) is 8. The van der Waals surface area contributed by atoms with E-state index in [4.69, 9.17) is 14.2 Å². The number of anilines is 1. The van der Waals surface area contributed by atoms with Crippen LogP contribution in [0.2, 0.25) is 0 Å². The minimum absolute atomic E-state index is 0.100. The number of aromatic nitrogens is 1. The average Bonchev–Trinajstić information content (AvgIpc) is 3.51. The number of ketones is 1. The third kappa shape index (κ3) is 5.67. The van der Waals surface area contributed by atoms with Crippen molar-refractivity contribution in [2.75, 3.05) is 24.7 Å². The summed E-state index contributed by atoms with van der Waals surface area (Å²) in [6.07, 6.45) is 1.84. The molecule has 1 atom stereocenters. The monoisotopic (exact) mass is 590 g/mol. The van der Waals surface area contributed by atoms with E-state index in [9.17, 15) is 19.1 Å². The molecule has 1 aliphatic heterocycles. The van der Waals surface area contributed by atoms with Crippen LogP contribution < -0.4 is 19.1 Å². The van der Waals surface area contributed by atoms with E-state index >= 15 is 0 Å². The minimum atomic E-state index is -1.04. The number of carbonyl (C=O) groups excluding carboxylic acids is 2. The molecule has 3 aromatic carbocycles.